The average Bonchev–Trinajstić information content (AvgIpc) is 0.811. The molecule has 28 valence electrons. The van der Waals surface area contributed by atoms with E-state index in [2.05, 4.69) is 0 Å². The van der Waals surface area contributed by atoms with E-state index in [0.717, 1.165) is 6.92 Å². The Balaban J connectivity index is 0. The molecule has 0 aromatic carbocycles. The quantitative estimate of drug-likeness (QED) is 0.533. The van der Waals surface area contributed by atoms with E-state index in [1.165, 1.54) is 0 Å². The van der Waals surface area contributed by atoms with Gasteiger partial charge in [0.15, 0.2) is 0 Å². The summed E-state index contributed by atoms with van der Waals surface area (Å²) < 4.78 is 0. The number of rotatable bonds is 0. The number of carbonyl (C=O) groups is 1. The zero-order valence-corrected chi connectivity index (χ0v) is 5.31. The molecule has 0 aliphatic heterocycles. The van der Waals surface area contributed by atoms with Gasteiger partial charge >= 0.3 is 0 Å². The van der Waals surface area contributed by atoms with Crippen molar-refractivity contribution in [3.8, 4) is 0 Å². The molecule has 0 fully saturated rings. The van der Waals surface area contributed by atoms with Gasteiger partial charge in [0.05, 0.1) is 0 Å². The molecule has 0 rings (SSSR count). The molecule has 0 amide bonds. The normalized spacial score (nSPS) is 5.00. The van der Waals surface area contributed by atoms with Crippen LogP contribution in [0.4, 0.5) is 0 Å². The number of hydrogen-bond acceptors (Lipinski definition) is 1. The Morgan fingerprint density at radius 2 is 1.80 bits per heavy atom. The molecule has 0 aliphatic carbocycles. The Labute approximate surface area is 49.3 Å². The standard InChI is InChI=1S/C2H4O2.Zr/c1-2(3)4;/h1H3,(H,3,4);. The van der Waals surface area contributed by atoms with Crippen molar-refractivity contribution >= 4 is 5.97 Å². The molecule has 0 saturated heterocycles. The summed E-state index contributed by atoms with van der Waals surface area (Å²) in [5.74, 6) is -0.833. The Hall–Kier alpha value is 0.353. The maximum atomic E-state index is 9.00. The van der Waals surface area contributed by atoms with Crippen molar-refractivity contribution in [1.29, 1.82) is 0 Å². The fourth-order valence-electron chi connectivity index (χ4n) is 0. The first-order valence-corrected chi connectivity index (χ1v) is 0.928. The summed E-state index contributed by atoms with van der Waals surface area (Å²) in [6.45, 7) is 1.08. The third kappa shape index (κ3) is 193. The Kier molecular flexibility index (Phi) is 7.85. The van der Waals surface area contributed by atoms with Gasteiger partial charge in [-0.05, 0) is 0 Å². The molecule has 0 radical (unpaired) electrons. The minimum atomic E-state index is -0.833. The van der Waals surface area contributed by atoms with Crippen LogP contribution in [0.2, 0.25) is 0 Å². The van der Waals surface area contributed by atoms with Crippen molar-refractivity contribution in [2.75, 3.05) is 0 Å². The first-order valence-electron chi connectivity index (χ1n) is 0.928. The molecule has 5 heavy (non-hydrogen) atoms. The van der Waals surface area contributed by atoms with Gasteiger partial charge < -0.3 is 5.11 Å². The van der Waals surface area contributed by atoms with Crippen LogP contribution in [0.5, 0.6) is 0 Å². The topological polar surface area (TPSA) is 37.3 Å². The van der Waals surface area contributed by atoms with Crippen LogP contribution in [0.15, 0.2) is 0 Å². The summed E-state index contributed by atoms with van der Waals surface area (Å²) in [7, 11) is 0. The first-order chi connectivity index (χ1) is 1.73. The zero-order chi connectivity index (χ0) is 3.58. The van der Waals surface area contributed by atoms with Crippen molar-refractivity contribution in [3.63, 3.8) is 0 Å². The molecule has 0 aromatic heterocycles. The maximum Gasteiger partial charge on any atom is 0.300 e. The smallest absolute Gasteiger partial charge is 0.300 e. The van der Waals surface area contributed by atoms with Crippen LogP contribution >= 0.6 is 0 Å². The van der Waals surface area contributed by atoms with Gasteiger partial charge in [0.1, 0.15) is 0 Å². The number of hydrogen-bond donors (Lipinski definition) is 1. The minimum Gasteiger partial charge on any atom is -0.481 e. The van der Waals surface area contributed by atoms with Gasteiger partial charge in [-0.3, -0.25) is 4.79 Å². The van der Waals surface area contributed by atoms with Gasteiger partial charge in [-0.25, -0.2) is 0 Å². The van der Waals surface area contributed by atoms with Crippen molar-refractivity contribution in [2.45, 2.75) is 6.92 Å². The van der Waals surface area contributed by atoms with Crippen LogP contribution < -0.4 is 0 Å². The van der Waals surface area contributed by atoms with Crippen LogP contribution in [0.1, 0.15) is 6.92 Å². The number of aliphatic carboxylic acids is 1. The van der Waals surface area contributed by atoms with Gasteiger partial charge in [-0.1, -0.05) is 0 Å². The molecule has 0 spiro atoms. The Bertz CT molecular complexity index is 30.6. The second kappa shape index (κ2) is 4.35. The maximum absolute atomic E-state index is 9.00. The predicted molar refractivity (Wildman–Crippen MR) is 13.3 cm³/mol. The largest absolute Gasteiger partial charge is 0.481 e. The van der Waals surface area contributed by atoms with Crippen molar-refractivity contribution in [3.05, 3.63) is 0 Å². The van der Waals surface area contributed by atoms with Crippen molar-refractivity contribution in [2.24, 2.45) is 0 Å². The summed E-state index contributed by atoms with van der Waals surface area (Å²) in [6, 6.07) is 0. The summed E-state index contributed by atoms with van der Waals surface area (Å²) in [6.07, 6.45) is 0. The first kappa shape index (κ1) is 9.02. The Morgan fingerprint density at radius 3 is 1.80 bits per heavy atom. The van der Waals surface area contributed by atoms with Gasteiger partial charge in [-0.2, -0.15) is 0 Å². The molecule has 0 bridgehead atoms. The molecule has 0 saturated carbocycles. The fourth-order valence-corrected chi connectivity index (χ4v) is 0. The molecule has 1 N–H and O–H groups in total. The van der Waals surface area contributed by atoms with E-state index in [1.807, 2.05) is 0 Å². The van der Waals surface area contributed by atoms with Gasteiger partial charge in [-0.15, -0.1) is 0 Å². The minimum absolute atomic E-state index is 0. The number of carboxylic acid groups (broad SMARTS) is 1. The Morgan fingerprint density at radius 1 is 1.80 bits per heavy atom. The SMILES string of the molecule is CC(=O)O.[Zr]. The van der Waals surface area contributed by atoms with E-state index < -0.39 is 5.97 Å². The second-order valence-electron chi connectivity index (χ2n) is 0.519. The molecule has 0 aliphatic rings. The van der Waals surface area contributed by atoms with E-state index in [0.29, 0.717) is 0 Å². The average molecular weight is 151 g/mol. The van der Waals surface area contributed by atoms with E-state index in [9.17, 15) is 0 Å². The van der Waals surface area contributed by atoms with Crippen LogP contribution in [0.25, 0.3) is 0 Å². The molecule has 3 heteroatoms. The third-order valence-corrected chi connectivity index (χ3v) is 0. The molecule has 0 aromatic rings. The van der Waals surface area contributed by atoms with Crippen molar-refractivity contribution in [1.82, 2.24) is 0 Å². The molecular weight excluding hydrogens is 147 g/mol. The van der Waals surface area contributed by atoms with Crippen LogP contribution in [0, 0.1) is 0 Å². The van der Waals surface area contributed by atoms with E-state index in [1.54, 1.807) is 0 Å². The van der Waals surface area contributed by atoms with Gasteiger partial charge in [0.25, 0.3) is 5.97 Å². The molecule has 0 atom stereocenters. The predicted octanol–water partition coefficient (Wildman–Crippen LogP) is 0.0884. The summed E-state index contributed by atoms with van der Waals surface area (Å²) >= 11 is 0. The summed E-state index contributed by atoms with van der Waals surface area (Å²) in [5.41, 5.74) is 0. The van der Waals surface area contributed by atoms with Crippen LogP contribution in [0.3, 0.4) is 0 Å². The molecule has 2 nitrogen and oxygen atoms in total. The van der Waals surface area contributed by atoms with Crippen molar-refractivity contribution < 1.29 is 36.1 Å². The third-order valence-electron chi connectivity index (χ3n) is 0. The van der Waals surface area contributed by atoms with E-state index >= 15 is 0 Å². The van der Waals surface area contributed by atoms with Gasteiger partial charge in [0.2, 0.25) is 0 Å². The summed E-state index contributed by atoms with van der Waals surface area (Å²) in [5, 5.41) is 7.42. The fraction of sp³-hybridized carbons (Fsp3) is 0.500. The summed E-state index contributed by atoms with van der Waals surface area (Å²) in [4.78, 5) is 9.00. The number of carboxylic acids is 1. The second-order valence-corrected chi connectivity index (χ2v) is 0.519. The van der Waals surface area contributed by atoms with Gasteiger partial charge in [0, 0.05) is 33.1 Å². The van der Waals surface area contributed by atoms with Crippen LogP contribution in [-0.2, 0) is 31.0 Å². The zero-order valence-electron chi connectivity index (χ0n) is 2.86. The monoisotopic (exact) mass is 150 g/mol. The van der Waals surface area contributed by atoms with E-state index in [4.69, 9.17) is 9.90 Å². The molecular formula is C2H4O2Zr. The molecule has 0 unspecified atom stereocenters. The van der Waals surface area contributed by atoms with E-state index in [-0.39, 0.29) is 26.2 Å². The molecule has 0 heterocycles. The van der Waals surface area contributed by atoms with Crippen LogP contribution in [-0.4, -0.2) is 11.1 Å².